The predicted molar refractivity (Wildman–Crippen MR) is 79.5 cm³/mol. The van der Waals surface area contributed by atoms with E-state index in [-0.39, 0.29) is 10.9 Å². The monoisotopic (exact) mass is 394 g/mol. The van der Waals surface area contributed by atoms with E-state index < -0.39 is 10.0 Å². The molecule has 1 aromatic rings. The Morgan fingerprint density at radius 1 is 1.44 bits per heavy atom. The first-order chi connectivity index (χ1) is 8.27. The van der Waals surface area contributed by atoms with Crippen molar-refractivity contribution in [1.82, 2.24) is 4.72 Å². The van der Waals surface area contributed by atoms with E-state index in [1.807, 2.05) is 0 Å². The Hall–Kier alpha value is -0.550. The van der Waals surface area contributed by atoms with Gasteiger partial charge in [-0.25, -0.2) is 13.1 Å². The standard InChI is InChI=1S/C11H12Br2N2O2S/c1-3-4-7(2)15-18(16,17)11-9(12)5-8(14)6-10(11)13/h1,5-7,15H,4,14H2,2H3. The average molecular weight is 396 g/mol. The molecule has 0 aliphatic carbocycles. The van der Waals surface area contributed by atoms with Gasteiger partial charge in [0.25, 0.3) is 0 Å². The Morgan fingerprint density at radius 2 is 1.94 bits per heavy atom. The zero-order valence-electron chi connectivity index (χ0n) is 9.57. The van der Waals surface area contributed by atoms with Crippen LogP contribution in [0.4, 0.5) is 5.69 Å². The Labute approximate surface area is 124 Å². The first kappa shape index (κ1) is 15.5. The number of hydrogen-bond acceptors (Lipinski definition) is 3. The molecule has 98 valence electrons. The predicted octanol–water partition coefficient (Wildman–Crippen LogP) is 2.48. The highest BCUT2D eigenvalue weighted by Crippen LogP contribution is 2.32. The summed E-state index contributed by atoms with van der Waals surface area (Å²) in [6.07, 6.45) is 5.47. The molecule has 0 radical (unpaired) electrons. The van der Waals surface area contributed by atoms with Gasteiger partial charge in [0.1, 0.15) is 4.90 Å². The van der Waals surface area contributed by atoms with Crippen molar-refractivity contribution in [2.24, 2.45) is 0 Å². The summed E-state index contributed by atoms with van der Waals surface area (Å²) in [5, 5.41) is 0. The lowest BCUT2D eigenvalue weighted by molar-refractivity contribution is 0.562. The van der Waals surface area contributed by atoms with Crippen LogP contribution in [0.3, 0.4) is 0 Å². The van der Waals surface area contributed by atoms with Crippen LogP contribution in [0.25, 0.3) is 0 Å². The third-order valence-corrected chi connectivity index (χ3v) is 5.54. The summed E-state index contributed by atoms with van der Waals surface area (Å²) in [6, 6.07) is 2.73. The first-order valence-electron chi connectivity index (χ1n) is 4.98. The van der Waals surface area contributed by atoms with Gasteiger partial charge in [0.05, 0.1) is 0 Å². The lowest BCUT2D eigenvalue weighted by atomic mass is 10.3. The maximum atomic E-state index is 12.2. The van der Waals surface area contributed by atoms with Gasteiger partial charge in [-0.15, -0.1) is 12.3 Å². The van der Waals surface area contributed by atoms with E-state index in [1.165, 1.54) is 12.1 Å². The number of anilines is 1. The fraction of sp³-hybridized carbons (Fsp3) is 0.273. The second-order valence-corrected chi connectivity index (χ2v) is 7.10. The van der Waals surface area contributed by atoms with Gasteiger partial charge in [-0.2, -0.15) is 0 Å². The van der Waals surface area contributed by atoms with Crippen LogP contribution in [-0.4, -0.2) is 14.5 Å². The van der Waals surface area contributed by atoms with Gasteiger partial charge in [-0.3, -0.25) is 0 Å². The maximum absolute atomic E-state index is 12.2. The molecule has 0 aliphatic heterocycles. The third kappa shape index (κ3) is 3.72. The van der Waals surface area contributed by atoms with E-state index in [0.717, 1.165) is 0 Å². The van der Waals surface area contributed by atoms with Crippen molar-refractivity contribution in [2.75, 3.05) is 5.73 Å². The first-order valence-corrected chi connectivity index (χ1v) is 8.05. The number of rotatable bonds is 4. The Balaban J connectivity index is 3.18. The summed E-state index contributed by atoms with van der Waals surface area (Å²) >= 11 is 6.39. The summed E-state index contributed by atoms with van der Waals surface area (Å²) in [5.74, 6) is 2.41. The van der Waals surface area contributed by atoms with Gasteiger partial charge in [0, 0.05) is 27.1 Å². The highest BCUT2D eigenvalue weighted by atomic mass is 79.9. The normalized spacial score (nSPS) is 13.0. The summed E-state index contributed by atoms with van der Waals surface area (Å²) in [7, 11) is -3.65. The van der Waals surface area contributed by atoms with Crippen LogP contribution in [0.15, 0.2) is 26.0 Å². The molecular weight excluding hydrogens is 384 g/mol. The zero-order chi connectivity index (χ0) is 13.9. The highest BCUT2D eigenvalue weighted by molar-refractivity contribution is 9.11. The SMILES string of the molecule is C#CCC(C)NS(=O)(=O)c1c(Br)cc(N)cc1Br. The van der Waals surface area contributed by atoms with Crippen LogP contribution in [0.1, 0.15) is 13.3 Å². The summed E-state index contributed by atoms with van der Waals surface area (Å²) < 4.78 is 27.7. The van der Waals surface area contributed by atoms with Gasteiger partial charge in [0.2, 0.25) is 10.0 Å². The Kier molecular flexibility index (Phi) is 5.22. The quantitative estimate of drug-likeness (QED) is 0.607. The topological polar surface area (TPSA) is 72.2 Å². The van der Waals surface area contributed by atoms with E-state index in [1.54, 1.807) is 6.92 Å². The highest BCUT2D eigenvalue weighted by Gasteiger charge is 2.23. The molecule has 1 atom stereocenters. The van der Waals surface area contributed by atoms with E-state index in [0.29, 0.717) is 21.1 Å². The minimum Gasteiger partial charge on any atom is -0.399 e. The third-order valence-electron chi connectivity index (χ3n) is 2.07. The number of nitrogens with two attached hydrogens (primary N) is 1. The molecular formula is C11H12Br2N2O2S. The van der Waals surface area contributed by atoms with E-state index in [9.17, 15) is 8.42 Å². The van der Waals surface area contributed by atoms with Gasteiger partial charge in [-0.1, -0.05) is 0 Å². The number of terminal acetylenes is 1. The molecule has 0 aliphatic rings. The molecule has 18 heavy (non-hydrogen) atoms. The largest absolute Gasteiger partial charge is 0.399 e. The number of nitrogen functional groups attached to an aromatic ring is 1. The zero-order valence-corrected chi connectivity index (χ0v) is 13.6. The molecule has 3 N–H and O–H groups in total. The molecule has 0 aromatic heterocycles. The molecule has 0 spiro atoms. The number of halogens is 2. The molecule has 1 unspecified atom stereocenters. The molecule has 0 saturated carbocycles. The smallest absolute Gasteiger partial charge is 0.243 e. The molecule has 7 heteroatoms. The second kappa shape index (κ2) is 6.06. The Morgan fingerprint density at radius 3 is 2.39 bits per heavy atom. The van der Waals surface area contributed by atoms with Crippen molar-refractivity contribution in [1.29, 1.82) is 0 Å². The Bertz CT molecular complexity index is 571. The maximum Gasteiger partial charge on any atom is 0.243 e. The fourth-order valence-electron chi connectivity index (χ4n) is 1.38. The molecule has 0 fully saturated rings. The van der Waals surface area contributed by atoms with Gasteiger partial charge in [-0.05, 0) is 50.9 Å². The van der Waals surface area contributed by atoms with Crippen LogP contribution in [0.5, 0.6) is 0 Å². The summed E-state index contributed by atoms with van der Waals surface area (Å²) in [5.41, 5.74) is 6.08. The second-order valence-electron chi connectivity index (χ2n) is 3.74. The minimum absolute atomic E-state index is 0.112. The van der Waals surface area contributed by atoms with Crippen molar-refractivity contribution in [3.63, 3.8) is 0 Å². The van der Waals surface area contributed by atoms with Crippen molar-refractivity contribution in [2.45, 2.75) is 24.3 Å². The number of nitrogens with one attached hydrogen (secondary N) is 1. The summed E-state index contributed by atoms with van der Waals surface area (Å²) in [4.78, 5) is 0.112. The minimum atomic E-state index is -3.65. The van der Waals surface area contributed by atoms with Gasteiger partial charge in [0.15, 0.2) is 0 Å². The lowest BCUT2D eigenvalue weighted by Crippen LogP contribution is -2.32. The van der Waals surface area contributed by atoms with Crippen LogP contribution in [-0.2, 0) is 10.0 Å². The fourth-order valence-corrected chi connectivity index (χ4v) is 5.24. The van der Waals surface area contributed by atoms with Gasteiger partial charge >= 0.3 is 0 Å². The van der Waals surface area contributed by atoms with Crippen LogP contribution < -0.4 is 10.5 Å². The van der Waals surface area contributed by atoms with E-state index in [4.69, 9.17) is 12.2 Å². The molecule has 4 nitrogen and oxygen atoms in total. The van der Waals surface area contributed by atoms with Gasteiger partial charge < -0.3 is 5.73 Å². The summed E-state index contributed by atoms with van der Waals surface area (Å²) in [6.45, 7) is 1.70. The van der Waals surface area contributed by atoms with Crippen LogP contribution in [0, 0.1) is 12.3 Å². The molecule has 0 heterocycles. The molecule has 1 aromatic carbocycles. The molecule has 1 rings (SSSR count). The van der Waals surface area contributed by atoms with E-state index in [2.05, 4.69) is 42.5 Å². The van der Waals surface area contributed by atoms with Crippen molar-refractivity contribution >= 4 is 47.6 Å². The van der Waals surface area contributed by atoms with E-state index >= 15 is 0 Å². The van der Waals surface area contributed by atoms with Crippen LogP contribution >= 0.6 is 31.9 Å². The van der Waals surface area contributed by atoms with Crippen molar-refractivity contribution in [3.8, 4) is 12.3 Å². The van der Waals surface area contributed by atoms with Crippen molar-refractivity contribution in [3.05, 3.63) is 21.1 Å². The van der Waals surface area contributed by atoms with Crippen LogP contribution in [0.2, 0.25) is 0 Å². The molecule has 0 bridgehead atoms. The average Bonchev–Trinajstić information content (AvgIpc) is 2.13. The molecule has 0 amide bonds. The number of hydrogen-bond donors (Lipinski definition) is 2. The number of benzene rings is 1. The lowest BCUT2D eigenvalue weighted by Gasteiger charge is -2.14. The van der Waals surface area contributed by atoms with Crippen molar-refractivity contribution < 1.29 is 8.42 Å². The number of sulfonamides is 1. The molecule has 0 saturated heterocycles.